The lowest BCUT2D eigenvalue weighted by Crippen LogP contribution is -2.57. The first-order valence-electron chi connectivity index (χ1n) is 11.0. The number of hydrogen-bond acceptors (Lipinski definition) is 9. The standard InChI is InChI=1S/C18H36N2O6SSi2/c1-17-15-19-3-7-21-28(25-17,22-8-4-19)13-11-27-12-14-29-23-9-5-20(6-10-24-29)16-18(2)26-29/h17-18H,3-16H2,1-2H3. The summed E-state index contributed by atoms with van der Waals surface area (Å²) in [6, 6.07) is 1.73. The molecule has 0 N–H and O–H groups in total. The largest absolute Gasteiger partial charge is 0.502 e. The van der Waals surface area contributed by atoms with Gasteiger partial charge >= 0.3 is 17.6 Å². The summed E-state index contributed by atoms with van der Waals surface area (Å²) < 4.78 is 37.4. The van der Waals surface area contributed by atoms with Crippen molar-refractivity contribution in [3.8, 4) is 0 Å². The van der Waals surface area contributed by atoms with Gasteiger partial charge in [0.15, 0.2) is 0 Å². The van der Waals surface area contributed by atoms with Crippen LogP contribution < -0.4 is 0 Å². The third kappa shape index (κ3) is 6.25. The maximum atomic E-state index is 6.32. The highest BCUT2D eigenvalue weighted by molar-refractivity contribution is 7.99. The molecule has 6 saturated heterocycles. The van der Waals surface area contributed by atoms with Crippen LogP contribution in [0, 0.1) is 0 Å². The topological polar surface area (TPSA) is 61.9 Å². The molecule has 2 atom stereocenters. The molecule has 6 rings (SSSR count). The predicted molar refractivity (Wildman–Crippen MR) is 116 cm³/mol. The van der Waals surface area contributed by atoms with Gasteiger partial charge in [-0.05, 0) is 25.4 Å². The van der Waals surface area contributed by atoms with Crippen molar-refractivity contribution in [3.05, 3.63) is 0 Å². The van der Waals surface area contributed by atoms with Crippen molar-refractivity contribution in [1.82, 2.24) is 9.80 Å². The fourth-order valence-electron chi connectivity index (χ4n) is 4.45. The quantitative estimate of drug-likeness (QED) is 0.425. The van der Waals surface area contributed by atoms with E-state index in [-0.39, 0.29) is 12.2 Å². The molecule has 6 fully saturated rings. The number of nitrogens with zero attached hydrogens (tertiary/aromatic N) is 2. The highest BCUT2D eigenvalue weighted by Crippen LogP contribution is 2.28. The SMILES string of the molecule is CC1CN2CCO[Si](CCSCC[Si]34OCCN(CCO3)CC(C)O4)(OCC2)O1. The summed E-state index contributed by atoms with van der Waals surface area (Å²) in [6.07, 6.45) is 0.333. The molecular weight excluding hydrogens is 428 g/mol. The van der Waals surface area contributed by atoms with Crippen molar-refractivity contribution in [2.24, 2.45) is 0 Å². The van der Waals surface area contributed by atoms with E-state index in [1.807, 2.05) is 11.8 Å². The van der Waals surface area contributed by atoms with Crippen LogP contribution in [0.3, 0.4) is 0 Å². The van der Waals surface area contributed by atoms with Crippen molar-refractivity contribution in [2.75, 3.05) is 77.2 Å². The maximum absolute atomic E-state index is 6.32. The van der Waals surface area contributed by atoms with Crippen LogP contribution in [-0.2, 0) is 26.6 Å². The van der Waals surface area contributed by atoms with Gasteiger partial charge in [-0.15, -0.1) is 0 Å². The van der Waals surface area contributed by atoms with E-state index in [2.05, 4.69) is 23.6 Å². The van der Waals surface area contributed by atoms with Gasteiger partial charge in [-0.1, -0.05) is 0 Å². The van der Waals surface area contributed by atoms with E-state index < -0.39 is 17.6 Å². The molecule has 0 aromatic heterocycles. The van der Waals surface area contributed by atoms with Gasteiger partial charge in [0, 0.05) is 51.4 Å². The molecule has 4 bridgehead atoms. The summed E-state index contributed by atoms with van der Waals surface area (Å²) in [7, 11) is -5.14. The lowest BCUT2D eigenvalue weighted by molar-refractivity contribution is -0.0350. The molecule has 6 heterocycles. The van der Waals surface area contributed by atoms with Crippen LogP contribution >= 0.6 is 11.8 Å². The molecule has 0 aromatic rings. The highest BCUT2D eigenvalue weighted by atomic mass is 32.2. The number of hydrogen-bond donors (Lipinski definition) is 0. The second kappa shape index (κ2) is 10.4. The Labute approximate surface area is 181 Å². The first kappa shape index (κ1) is 22.7. The predicted octanol–water partition coefficient (Wildman–Crippen LogP) is 1.13. The molecule has 6 aliphatic rings. The smallest absolute Gasteiger partial charge is 0.372 e. The normalized spacial score (nSPS) is 43.7. The summed E-state index contributed by atoms with van der Waals surface area (Å²) in [5, 5.41) is 0. The third-order valence-electron chi connectivity index (χ3n) is 5.82. The van der Waals surface area contributed by atoms with E-state index in [1.54, 1.807) is 0 Å². The molecule has 168 valence electrons. The van der Waals surface area contributed by atoms with Crippen molar-refractivity contribution >= 4 is 29.4 Å². The van der Waals surface area contributed by atoms with E-state index in [1.165, 1.54) is 0 Å². The van der Waals surface area contributed by atoms with E-state index in [4.69, 9.17) is 26.6 Å². The van der Waals surface area contributed by atoms with Crippen LogP contribution in [0.1, 0.15) is 13.8 Å². The fraction of sp³-hybridized carbons (Fsp3) is 1.00. The van der Waals surface area contributed by atoms with Gasteiger partial charge < -0.3 is 26.6 Å². The average molecular weight is 465 g/mol. The molecule has 6 aliphatic heterocycles. The Bertz CT molecular complexity index is 473. The molecule has 0 amide bonds. The van der Waals surface area contributed by atoms with Gasteiger partial charge in [0.1, 0.15) is 0 Å². The highest BCUT2D eigenvalue weighted by Gasteiger charge is 2.47. The maximum Gasteiger partial charge on any atom is 0.502 e. The van der Waals surface area contributed by atoms with E-state index in [9.17, 15) is 0 Å². The van der Waals surface area contributed by atoms with Gasteiger partial charge in [0.25, 0.3) is 0 Å². The Morgan fingerprint density at radius 3 is 1.45 bits per heavy atom. The van der Waals surface area contributed by atoms with Gasteiger partial charge in [0.05, 0.1) is 38.6 Å². The number of rotatable bonds is 6. The minimum Gasteiger partial charge on any atom is -0.372 e. The second-order valence-corrected chi connectivity index (χ2v) is 14.9. The third-order valence-corrected chi connectivity index (χ3v) is 13.3. The van der Waals surface area contributed by atoms with Crippen LogP contribution in [0.2, 0.25) is 12.1 Å². The summed E-state index contributed by atoms with van der Waals surface area (Å²) in [4.78, 5) is 4.73. The summed E-state index contributed by atoms with van der Waals surface area (Å²) in [5.41, 5.74) is 0. The summed E-state index contributed by atoms with van der Waals surface area (Å²) >= 11 is 1.91. The molecule has 0 saturated carbocycles. The lowest BCUT2D eigenvalue weighted by atomic mass is 10.3. The van der Waals surface area contributed by atoms with Crippen molar-refractivity contribution < 1.29 is 26.6 Å². The molecule has 11 heteroatoms. The lowest BCUT2D eigenvalue weighted by Gasteiger charge is -2.41. The van der Waals surface area contributed by atoms with Gasteiger partial charge in [0.2, 0.25) is 0 Å². The van der Waals surface area contributed by atoms with E-state index in [0.29, 0.717) is 26.4 Å². The summed E-state index contributed by atoms with van der Waals surface area (Å²) in [5.74, 6) is 1.94. The molecule has 0 radical (unpaired) electrons. The molecule has 29 heavy (non-hydrogen) atoms. The molecule has 0 spiro atoms. The van der Waals surface area contributed by atoms with E-state index >= 15 is 0 Å². The molecule has 0 aromatic carbocycles. The van der Waals surface area contributed by atoms with Crippen LogP contribution in [0.4, 0.5) is 0 Å². The van der Waals surface area contributed by atoms with Gasteiger partial charge in [-0.2, -0.15) is 11.8 Å². The first-order valence-corrected chi connectivity index (χ1v) is 16.0. The van der Waals surface area contributed by atoms with Crippen LogP contribution in [0.25, 0.3) is 0 Å². The van der Waals surface area contributed by atoms with Crippen LogP contribution in [-0.4, -0.2) is 117 Å². The minimum absolute atomic E-state index is 0.166. The van der Waals surface area contributed by atoms with Gasteiger partial charge in [-0.25, -0.2) is 0 Å². The van der Waals surface area contributed by atoms with Crippen molar-refractivity contribution in [2.45, 2.75) is 38.1 Å². The average Bonchev–Trinajstić information content (AvgIpc) is 2.59. The minimum atomic E-state index is -2.57. The van der Waals surface area contributed by atoms with E-state index in [0.717, 1.165) is 62.9 Å². The van der Waals surface area contributed by atoms with Crippen molar-refractivity contribution in [1.29, 1.82) is 0 Å². The summed E-state index contributed by atoms with van der Waals surface area (Å²) in [6.45, 7) is 13.0. The Morgan fingerprint density at radius 1 is 0.690 bits per heavy atom. The Balaban J connectivity index is 1.26. The monoisotopic (exact) mass is 464 g/mol. The number of thioether (sulfide) groups is 1. The van der Waals surface area contributed by atoms with Crippen LogP contribution in [0.15, 0.2) is 0 Å². The zero-order valence-electron chi connectivity index (χ0n) is 17.8. The Kier molecular flexibility index (Phi) is 8.11. The van der Waals surface area contributed by atoms with Gasteiger partial charge in [-0.3, -0.25) is 9.80 Å². The zero-order chi connectivity index (χ0) is 20.2. The first-order chi connectivity index (χ1) is 14.1. The fourth-order valence-corrected chi connectivity index (χ4v) is 12.0. The zero-order valence-corrected chi connectivity index (χ0v) is 20.6. The van der Waals surface area contributed by atoms with Crippen molar-refractivity contribution in [3.63, 3.8) is 0 Å². The Morgan fingerprint density at radius 2 is 1.07 bits per heavy atom. The van der Waals surface area contributed by atoms with Crippen LogP contribution in [0.5, 0.6) is 0 Å². The molecule has 8 nitrogen and oxygen atoms in total. The second-order valence-electron chi connectivity index (χ2n) is 8.33. The number of fused-ring (bicyclic) bond motifs is 12. The molecular formula is C18H36N2O6SSi2. The Hall–Kier alpha value is 0.464. The molecule has 0 aliphatic carbocycles. The molecule has 2 unspecified atom stereocenters.